The van der Waals surface area contributed by atoms with Gasteiger partial charge in [0.15, 0.2) is 0 Å². The van der Waals surface area contributed by atoms with Crippen LogP contribution in [0.1, 0.15) is 11.1 Å². The lowest BCUT2D eigenvalue weighted by Gasteiger charge is -2.15. The maximum Gasteiger partial charge on any atom is 0.308 e. The Kier molecular flexibility index (Phi) is 6.83. The predicted molar refractivity (Wildman–Crippen MR) is 96.0 cm³/mol. The van der Waals surface area contributed by atoms with Gasteiger partial charge in [-0.15, -0.1) is 0 Å². The number of aliphatic carboxylic acids is 1. The second-order valence-corrected chi connectivity index (χ2v) is 6.03. The Bertz CT molecular complexity index is 733. The van der Waals surface area contributed by atoms with E-state index in [1.165, 1.54) is 7.11 Å². The van der Waals surface area contributed by atoms with Crippen LogP contribution in [0.4, 0.5) is 0 Å². The minimum Gasteiger partial charge on any atom is -0.496 e. The van der Waals surface area contributed by atoms with E-state index < -0.39 is 11.9 Å². The standard InChI is InChI=1S/C19H20ClNO4/c1-25-17-9-5-8-16(20)15(17)11-18(22)21-12-14(19(23)24)10-13-6-3-2-4-7-13/h2-9,14H,10-12H2,1H3,(H,21,22)(H,23,24). The number of hydrogen-bond acceptors (Lipinski definition) is 3. The van der Waals surface area contributed by atoms with Gasteiger partial charge < -0.3 is 15.2 Å². The van der Waals surface area contributed by atoms with E-state index in [-0.39, 0.29) is 18.9 Å². The highest BCUT2D eigenvalue weighted by Gasteiger charge is 2.20. The molecule has 0 fully saturated rings. The highest BCUT2D eigenvalue weighted by molar-refractivity contribution is 6.31. The third-order valence-electron chi connectivity index (χ3n) is 3.85. The van der Waals surface area contributed by atoms with Crippen molar-refractivity contribution >= 4 is 23.5 Å². The molecule has 1 amide bonds. The molecule has 1 unspecified atom stereocenters. The van der Waals surface area contributed by atoms with E-state index in [9.17, 15) is 14.7 Å². The molecule has 1 atom stereocenters. The van der Waals surface area contributed by atoms with E-state index in [0.29, 0.717) is 22.8 Å². The fraction of sp³-hybridized carbons (Fsp3) is 0.263. The van der Waals surface area contributed by atoms with Crippen LogP contribution in [0.5, 0.6) is 5.75 Å². The van der Waals surface area contributed by atoms with Gasteiger partial charge in [-0.25, -0.2) is 0 Å². The van der Waals surface area contributed by atoms with Crippen LogP contribution in [0.3, 0.4) is 0 Å². The molecule has 0 saturated carbocycles. The van der Waals surface area contributed by atoms with Crippen LogP contribution < -0.4 is 10.1 Å². The quantitative estimate of drug-likeness (QED) is 0.758. The zero-order chi connectivity index (χ0) is 18.2. The highest BCUT2D eigenvalue weighted by Crippen LogP contribution is 2.26. The van der Waals surface area contributed by atoms with E-state index in [1.807, 2.05) is 30.3 Å². The monoisotopic (exact) mass is 361 g/mol. The van der Waals surface area contributed by atoms with Crippen LogP contribution in [0.15, 0.2) is 48.5 Å². The Hall–Kier alpha value is -2.53. The van der Waals surface area contributed by atoms with Crippen LogP contribution >= 0.6 is 11.6 Å². The third-order valence-corrected chi connectivity index (χ3v) is 4.21. The summed E-state index contributed by atoms with van der Waals surface area (Å²) in [4.78, 5) is 23.6. The van der Waals surface area contributed by atoms with Gasteiger partial charge in [0.1, 0.15) is 5.75 Å². The molecule has 0 spiro atoms. The number of rotatable bonds is 8. The number of nitrogens with one attached hydrogen (secondary N) is 1. The number of carbonyl (C=O) groups excluding carboxylic acids is 1. The minimum atomic E-state index is -0.945. The van der Waals surface area contributed by atoms with Gasteiger partial charge in [-0.3, -0.25) is 9.59 Å². The smallest absolute Gasteiger partial charge is 0.308 e. The van der Waals surface area contributed by atoms with Gasteiger partial charge in [0.2, 0.25) is 5.91 Å². The zero-order valence-electron chi connectivity index (χ0n) is 13.9. The molecule has 2 rings (SSSR count). The van der Waals surface area contributed by atoms with Crippen LogP contribution in [-0.2, 0) is 22.4 Å². The summed E-state index contributed by atoms with van der Waals surface area (Å²) in [5.41, 5.74) is 1.50. The van der Waals surface area contributed by atoms with Crippen LogP contribution in [-0.4, -0.2) is 30.6 Å². The average Bonchev–Trinajstić information content (AvgIpc) is 2.61. The summed E-state index contributed by atoms with van der Waals surface area (Å²) in [7, 11) is 1.51. The average molecular weight is 362 g/mol. The van der Waals surface area contributed by atoms with E-state index >= 15 is 0 Å². The topological polar surface area (TPSA) is 75.6 Å². The molecule has 0 aliphatic heterocycles. The number of halogens is 1. The van der Waals surface area contributed by atoms with Gasteiger partial charge in [0.25, 0.3) is 0 Å². The van der Waals surface area contributed by atoms with Gasteiger partial charge in [0.05, 0.1) is 19.4 Å². The number of ether oxygens (including phenoxy) is 1. The second kappa shape index (κ2) is 9.08. The Morgan fingerprint density at radius 1 is 1.16 bits per heavy atom. The zero-order valence-corrected chi connectivity index (χ0v) is 14.6. The number of benzene rings is 2. The van der Waals surface area contributed by atoms with Crippen LogP contribution in [0.2, 0.25) is 5.02 Å². The molecule has 0 heterocycles. The van der Waals surface area contributed by atoms with Gasteiger partial charge >= 0.3 is 5.97 Å². The van der Waals surface area contributed by atoms with Crippen molar-refractivity contribution in [3.8, 4) is 5.75 Å². The van der Waals surface area contributed by atoms with Crippen LogP contribution in [0, 0.1) is 5.92 Å². The van der Waals surface area contributed by atoms with Crippen molar-refractivity contribution in [1.82, 2.24) is 5.32 Å². The number of hydrogen-bond donors (Lipinski definition) is 2. The summed E-state index contributed by atoms with van der Waals surface area (Å²) in [5, 5.41) is 12.5. The SMILES string of the molecule is COc1cccc(Cl)c1CC(=O)NCC(Cc1ccccc1)C(=O)O. The molecule has 2 aromatic carbocycles. The van der Waals surface area contributed by atoms with Crippen molar-refractivity contribution < 1.29 is 19.4 Å². The Morgan fingerprint density at radius 2 is 1.88 bits per heavy atom. The predicted octanol–water partition coefficient (Wildman–Crippen LogP) is 2.95. The summed E-state index contributed by atoms with van der Waals surface area (Å²) in [6, 6.07) is 14.5. The number of amides is 1. The molecule has 5 nitrogen and oxygen atoms in total. The first kappa shape index (κ1) is 18.8. The fourth-order valence-corrected chi connectivity index (χ4v) is 2.74. The minimum absolute atomic E-state index is 0.0283. The molecular formula is C19H20ClNO4. The molecule has 6 heteroatoms. The molecule has 0 bridgehead atoms. The van der Waals surface area contributed by atoms with Crippen molar-refractivity contribution in [3.63, 3.8) is 0 Å². The first-order chi connectivity index (χ1) is 12.0. The van der Waals surface area contributed by atoms with Gasteiger partial charge in [-0.2, -0.15) is 0 Å². The molecular weight excluding hydrogens is 342 g/mol. The lowest BCUT2D eigenvalue weighted by molar-refractivity contribution is -0.141. The summed E-state index contributed by atoms with van der Waals surface area (Å²) in [6.07, 6.45) is 0.381. The van der Waals surface area contributed by atoms with Gasteiger partial charge in [-0.05, 0) is 24.1 Å². The molecule has 0 aliphatic rings. The maximum atomic E-state index is 12.2. The number of carboxylic acids is 1. The molecule has 0 aliphatic carbocycles. The molecule has 25 heavy (non-hydrogen) atoms. The highest BCUT2D eigenvalue weighted by atomic mass is 35.5. The van der Waals surface area contributed by atoms with Crippen molar-refractivity contribution in [1.29, 1.82) is 0 Å². The molecule has 132 valence electrons. The Morgan fingerprint density at radius 3 is 2.52 bits per heavy atom. The third kappa shape index (κ3) is 5.50. The van der Waals surface area contributed by atoms with E-state index in [4.69, 9.17) is 16.3 Å². The summed E-state index contributed by atoms with van der Waals surface area (Å²) in [5.74, 6) is -1.41. The van der Waals surface area contributed by atoms with Crippen molar-refractivity contribution in [2.75, 3.05) is 13.7 Å². The largest absolute Gasteiger partial charge is 0.496 e. The summed E-state index contributed by atoms with van der Waals surface area (Å²) >= 11 is 6.12. The molecule has 2 aromatic rings. The lowest BCUT2D eigenvalue weighted by atomic mass is 9.99. The normalized spacial score (nSPS) is 11.6. The number of carboxylic acid groups (broad SMARTS) is 1. The molecule has 2 N–H and O–H groups in total. The summed E-state index contributed by atoms with van der Waals surface area (Å²) in [6.45, 7) is 0.0514. The van der Waals surface area contributed by atoms with Gasteiger partial charge in [-0.1, -0.05) is 48.0 Å². The van der Waals surface area contributed by atoms with Crippen molar-refractivity contribution in [2.24, 2.45) is 5.92 Å². The molecule has 0 saturated heterocycles. The number of methoxy groups -OCH3 is 1. The van der Waals surface area contributed by atoms with E-state index in [1.54, 1.807) is 18.2 Å². The van der Waals surface area contributed by atoms with Crippen molar-refractivity contribution in [2.45, 2.75) is 12.8 Å². The van der Waals surface area contributed by atoms with Gasteiger partial charge in [0, 0.05) is 17.1 Å². The Labute approximate surface area is 151 Å². The molecule has 0 aromatic heterocycles. The lowest BCUT2D eigenvalue weighted by Crippen LogP contribution is -2.35. The fourth-order valence-electron chi connectivity index (χ4n) is 2.51. The first-order valence-electron chi connectivity index (χ1n) is 7.86. The van der Waals surface area contributed by atoms with Crippen molar-refractivity contribution in [3.05, 3.63) is 64.7 Å². The van der Waals surface area contributed by atoms with E-state index in [0.717, 1.165) is 5.56 Å². The summed E-state index contributed by atoms with van der Waals surface area (Å²) < 4.78 is 5.21. The van der Waals surface area contributed by atoms with Crippen LogP contribution in [0.25, 0.3) is 0 Å². The van der Waals surface area contributed by atoms with E-state index in [2.05, 4.69) is 5.32 Å². The Balaban J connectivity index is 1.97. The number of carbonyl (C=O) groups is 2. The molecule has 0 radical (unpaired) electrons. The maximum absolute atomic E-state index is 12.2. The second-order valence-electron chi connectivity index (χ2n) is 5.63. The first-order valence-corrected chi connectivity index (χ1v) is 8.24.